The summed E-state index contributed by atoms with van der Waals surface area (Å²) in [5.41, 5.74) is -1.10. The Balaban J connectivity index is 1.88. The molecule has 0 saturated heterocycles. The van der Waals surface area contributed by atoms with Gasteiger partial charge in [-0.25, -0.2) is 0 Å². The molecule has 0 aromatic rings. The van der Waals surface area contributed by atoms with Crippen LogP contribution in [0.5, 0.6) is 0 Å². The molecule has 4 saturated carbocycles. The first kappa shape index (κ1) is 20.4. The van der Waals surface area contributed by atoms with Crippen LogP contribution >= 0.6 is 69.6 Å². The van der Waals surface area contributed by atoms with Crippen molar-refractivity contribution in [2.45, 2.75) is 64.1 Å². The molecule has 4 fully saturated rings. The molecule has 0 aromatic carbocycles. The quantitative estimate of drug-likeness (QED) is 0.586. The molecule has 2 N–H and O–H groups in total. The maximum Gasteiger partial charge on any atom is 0.272 e. The van der Waals surface area contributed by atoms with Gasteiger partial charge in [0.2, 0.25) is 0 Å². The van der Waals surface area contributed by atoms with E-state index in [-0.39, 0.29) is 5.41 Å². The average Bonchev–Trinajstić information content (AvgIpc) is 2.31. The zero-order valence-corrected chi connectivity index (χ0v) is 17.9. The Morgan fingerprint density at radius 3 is 1.52 bits per heavy atom. The number of hydrogen-bond acceptors (Lipinski definition) is 2. The predicted molar refractivity (Wildman–Crippen MR) is 102 cm³/mol. The highest BCUT2D eigenvalue weighted by molar-refractivity contribution is 6.76. The number of alkyl halides is 6. The molecular formula is C15H18Cl6N2O2. The Morgan fingerprint density at radius 1 is 0.800 bits per heavy atom. The number of amides is 2. The van der Waals surface area contributed by atoms with Gasteiger partial charge in [-0.05, 0) is 49.9 Å². The van der Waals surface area contributed by atoms with Crippen LogP contribution in [0.3, 0.4) is 0 Å². The van der Waals surface area contributed by atoms with Crippen molar-refractivity contribution in [3.8, 4) is 0 Å². The monoisotopic (exact) mass is 468 g/mol. The lowest BCUT2D eigenvalue weighted by Gasteiger charge is -2.66. The molecule has 0 aromatic heterocycles. The molecule has 25 heavy (non-hydrogen) atoms. The lowest BCUT2D eigenvalue weighted by Crippen LogP contribution is -2.73. The summed E-state index contributed by atoms with van der Waals surface area (Å²) in [6.45, 7) is 2.16. The Kier molecular flexibility index (Phi) is 4.97. The minimum absolute atomic E-state index is 0.0405. The fourth-order valence-corrected chi connectivity index (χ4v) is 6.11. The van der Waals surface area contributed by atoms with E-state index >= 15 is 0 Å². The highest BCUT2D eigenvalue weighted by Gasteiger charge is 2.63. The molecule has 2 unspecified atom stereocenters. The number of rotatable bonds is 2. The smallest absolute Gasteiger partial charge is 0.272 e. The third-order valence-electron chi connectivity index (χ3n) is 5.62. The minimum atomic E-state index is -2.03. The summed E-state index contributed by atoms with van der Waals surface area (Å²) in [6.07, 6.45) is 4.69. The van der Waals surface area contributed by atoms with Gasteiger partial charge in [0.25, 0.3) is 19.4 Å². The summed E-state index contributed by atoms with van der Waals surface area (Å²) in [5.74, 6) is -0.954. The zero-order valence-electron chi connectivity index (χ0n) is 13.4. The van der Waals surface area contributed by atoms with Gasteiger partial charge in [0.1, 0.15) is 0 Å². The van der Waals surface area contributed by atoms with Crippen LogP contribution < -0.4 is 10.6 Å². The van der Waals surface area contributed by atoms with Gasteiger partial charge in [-0.3, -0.25) is 9.59 Å². The fourth-order valence-electron chi connectivity index (χ4n) is 5.82. The molecule has 142 valence electrons. The van der Waals surface area contributed by atoms with Crippen LogP contribution in [-0.4, -0.2) is 30.5 Å². The summed E-state index contributed by atoms with van der Waals surface area (Å²) in [6, 6.07) is 0. The molecule has 2 atom stereocenters. The van der Waals surface area contributed by atoms with Crippen molar-refractivity contribution in [3.05, 3.63) is 0 Å². The van der Waals surface area contributed by atoms with E-state index in [2.05, 4.69) is 17.6 Å². The average molecular weight is 471 g/mol. The topological polar surface area (TPSA) is 58.2 Å². The van der Waals surface area contributed by atoms with Crippen LogP contribution in [0.25, 0.3) is 0 Å². The number of halogens is 6. The highest BCUT2D eigenvalue weighted by atomic mass is 35.6. The molecule has 0 heterocycles. The molecule has 2 amide bonds. The van der Waals surface area contributed by atoms with E-state index in [4.69, 9.17) is 69.6 Å². The predicted octanol–water partition coefficient (Wildman–Crippen LogP) is 4.44. The Hall–Kier alpha value is 0.680. The molecule has 4 aliphatic rings. The Labute approximate surface area is 176 Å². The van der Waals surface area contributed by atoms with E-state index in [0.717, 1.165) is 32.1 Å². The van der Waals surface area contributed by atoms with Crippen molar-refractivity contribution in [2.24, 2.45) is 11.3 Å². The second-order valence-corrected chi connectivity index (χ2v) is 12.8. The maximum atomic E-state index is 12.3. The summed E-state index contributed by atoms with van der Waals surface area (Å²) >= 11 is 34.4. The van der Waals surface area contributed by atoms with Crippen LogP contribution in [0, 0.1) is 11.3 Å². The largest absolute Gasteiger partial charge is 0.347 e. The van der Waals surface area contributed by atoms with E-state index < -0.39 is 30.5 Å². The van der Waals surface area contributed by atoms with Crippen LogP contribution in [0.1, 0.15) is 45.4 Å². The van der Waals surface area contributed by atoms with Crippen LogP contribution in [0.15, 0.2) is 0 Å². The van der Waals surface area contributed by atoms with E-state index in [1.807, 2.05) is 0 Å². The molecule has 0 spiro atoms. The summed E-state index contributed by atoms with van der Waals surface area (Å²) < 4.78 is -4.06. The van der Waals surface area contributed by atoms with E-state index in [1.165, 1.54) is 0 Å². The lowest BCUT2D eigenvalue weighted by molar-refractivity contribution is -0.139. The van der Waals surface area contributed by atoms with Crippen molar-refractivity contribution < 1.29 is 9.59 Å². The van der Waals surface area contributed by atoms with Crippen LogP contribution in [0.2, 0.25) is 0 Å². The third kappa shape index (κ3) is 4.09. The maximum absolute atomic E-state index is 12.3. The number of hydrogen-bond donors (Lipinski definition) is 2. The van der Waals surface area contributed by atoms with E-state index in [0.29, 0.717) is 12.3 Å². The van der Waals surface area contributed by atoms with Gasteiger partial charge >= 0.3 is 0 Å². The van der Waals surface area contributed by atoms with Crippen molar-refractivity contribution in [3.63, 3.8) is 0 Å². The van der Waals surface area contributed by atoms with E-state index in [1.54, 1.807) is 0 Å². The van der Waals surface area contributed by atoms with Crippen LogP contribution in [-0.2, 0) is 9.59 Å². The number of carbonyl (C=O) groups excluding carboxylic acids is 2. The third-order valence-corrected chi connectivity index (χ3v) is 6.65. The van der Waals surface area contributed by atoms with Gasteiger partial charge in [-0.2, -0.15) is 0 Å². The van der Waals surface area contributed by atoms with Crippen molar-refractivity contribution in [2.75, 3.05) is 0 Å². The SMILES string of the molecule is CC12CC3CC(NC(=O)C(Cl)(Cl)Cl)(C1)CC(NC(=O)C(Cl)(Cl)Cl)(C3)C2. The minimum Gasteiger partial charge on any atom is -0.347 e. The van der Waals surface area contributed by atoms with Crippen molar-refractivity contribution >= 4 is 81.4 Å². The van der Waals surface area contributed by atoms with Gasteiger partial charge in [0.05, 0.1) is 0 Å². The summed E-state index contributed by atoms with van der Waals surface area (Å²) in [5, 5.41) is 5.88. The first-order valence-electron chi connectivity index (χ1n) is 7.95. The molecule has 10 heteroatoms. The molecule has 4 bridgehead atoms. The zero-order chi connectivity index (χ0) is 18.9. The van der Waals surface area contributed by atoms with Crippen molar-refractivity contribution in [1.82, 2.24) is 10.6 Å². The molecule has 0 radical (unpaired) electrons. The summed E-state index contributed by atoms with van der Waals surface area (Å²) in [4.78, 5) is 24.6. The second-order valence-electron chi connectivity index (χ2n) is 8.28. The lowest BCUT2D eigenvalue weighted by atomic mass is 9.44. The molecule has 0 aliphatic heterocycles. The molecule has 4 aliphatic carbocycles. The Bertz CT molecular complexity index is 570. The molecule has 4 rings (SSSR count). The van der Waals surface area contributed by atoms with Gasteiger partial charge in [-0.1, -0.05) is 76.5 Å². The standard InChI is InChI=1S/C15H18Cl6N2O2/c1-11-2-8-3-12(5-11,22-9(24)14(16,17)18)7-13(4-8,6-11)23-10(25)15(19,20)21/h8H,2-7H2,1H3,(H,22,24)(H,23,25). The van der Waals surface area contributed by atoms with Gasteiger partial charge < -0.3 is 10.6 Å². The van der Waals surface area contributed by atoms with E-state index in [9.17, 15) is 9.59 Å². The van der Waals surface area contributed by atoms with Gasteiger partial charge in [0.15, 0.2) is 0 Å². The first-order valence-corrected chi connectivity index (χ1v) is 10.2. The molecule has 4 nitrogen and oxygen atoms in total. The number of carbonyl (C=O) groups is 2. The Morgan fingerprint density at radius 2 is 1.20 bits per heavy atom. The summed E-state index contributed by atoms with van der Waals surface area (Å²) in [7, 11) is 0. The normalized spacial score (nSPS) is 40.0. The fraction of sp³-hybridized carbons (Fsp3) is 0.867. The number of nitrogens with one attached hydrogen (secondary N) is 2. The first-order chi connectivity index (χ1) is 11.2. The molecular weight excluding hydrogens is 453 g/mol. The highest BCUT2D eigenvalue weighted by Crippen LogP contribution is 2.63. The van der Waals surface area contributed by atoms with Crippen molar-refractivity contribution in [1.29, 1.82) is 0 Å². The van der Waals surface area contributed by atoms with Gasteiger partial charge in [-0.15, -0.1) is 0 Å². The van der Waals surface area contributed by atoms with Gasteiger partial charge in [0, 0.05) is 11.1 Å². The van der Waals surface area contributed by atoms with Crippen LogP contribution in [0.4, 0.5) is 0 Å². The second kappa shape index (κ2) is 6.09.